The van der Waals surface area contributed by atoms with E-state index in [1.165, 1.54) is 13.8 Å². The minimum absolute atomic E-state index is 0.365. The van der Waals surface area contributed by atoms with Crippen molar-refractivity contribution < 1.29 is 28.0 Å². The van der Waals surface area contributed by atoms with Gasteiger partial charge in [-0.2, -0.15) is 13.2 Å². The Kier molecular flexibility index (Phi) is 4.33. The van der Waals surface area contributed by atoms with Crippen molar-refractivity contribution in [2.75, 3.05) is 0 Å². The molecule has 0 atom stereocenters. The van der Waals surface area contributed by atoms with Gasteiger partial charge in [0.1, 0.15) is 4.75 Å². The molecule has 1 N–H and O–H groups in total. The molecule has 0 spiro atoms. The van der Waals surface area contributed by atoms with Gasteiger partial charge in [-0.1, -0.05) is 0 Å². The number of nitro benzene ring substituents is 1. The minimum Gasteiger partial charge on any atom is -0.480 e. The van der Waals surface area contributed by atoms with Gasteiger partial charge >= 0.3 is 12.1 Å². The molecule has 0 aliphatic carbocycles. The fraction of sp³-hybridized carbons (Fsp3) is 0.364. The number of hydrogen-bond acceptors (Lipinski definition) is 4. The summed E-state index contributed by atoms with van der Waals surface area (Å²) in [5.74, 6) is -1.28. The maximum atomic E-state index is 12.9. The molecule has 0 amide bonds. The van der Waals surface area contributed by atoms with Crippen LogP contribution >= 0.6 is 11.8 Å². The van der Waals surface area contributed by atoms with Crippen LogP contribution in [0.2, 0.25) is 0 Å². The van der Waals surface area contributed by atoms with E-state index >= 15 is 0 Å². The molecule has 0 heterocycles. The molecule has 5 nitrogen and oxygen atoms in total. The fourth-order valence-electron chi connectivity index (χ4n) is 1.26. The van der Waals surface area contributed by atoms with E-state index in [2.05, 4.69) is 0 Å². The Morgan fingerprint density at radius 1 is 1.35 bits per heavy atom. The van der Waals surface area contributed by atoms with Crippen molar-refractivity contribution in [1.82, 2.24) is 0 Å². The monoisotopic (exact) mass is 309 g/mol. The first-order chi connectivity index (χ1) is 8.95. The molecule has 0 unspecified atom stereocenters. The number of nitrogens with zero attached hydrogens (tertiary/aromatic N) is 1. The molecule has 1 rings (SSSR count). The Morgan fingerprint density at radius 3 is 2.30 bits per heavy atom. The zero-order chi connectivity index (χ0) is 15.7. The van der Waals surface area contributed by atoms with Gasteiger partial charge in [0, 0.05) is 17.0 Å². The highest BCUT2D eigenvalue weighted by molar-refractivity contribution is 8.01. The van der Waals surface area contributed by atoms with Crippen molar-refractivity contribution in [2.24, 2.45) is 0 Å². The molecule has 0 fully saturated rings. The van der Waals surface area contributed by atoms with E-state index in [4.69, 9.17) is 5.11 Å². The number of hydrogen-bond donors (Lipinski definition) is 1. The van der Waals surface area contributed by atoms with Crippen LogP contribution in [-0.2, 0) is 11.0 Å². The number of halogens is 3. The number of aliphatic carboxylic acids is 1. The molecule has 0 radical (unpaired) electrons. The van der Waals surface area contributed by atoms with E-state index in [0.29, 0.717) is 17.8 Å². The molecular weight excluding hydrogens is 299 g/mol. The lowest BCUT2D eigenvalue weighted by Crippen LogP contribution is -2.27. The van der Waals surface area contributed by atoms with Crippen LogP contribution < -0.4 is 0 Å². The molecule has 0 aliphatic heterocycles. The Hall–Kier alpha value is -1.77. The van der Waals surface area contributed by atoms with E-state index in [1.807, 2.05) is 0 Å². The van der Waals surface area contributed by atoms with Crippen molar-refractivity contribution in [1.29, 1.82) is 0 Å². The summed E-state index contributed by atoms with van der Waals surface area (Å²) in [6.45, 7) is 2.50. The van der Waals surface area contributed by atoms with Crippen molar-refractivity contribution >= 4 is 23.4 Å². The number of nitro groups is 1. The van der Waals surface area contributed by atoms with E-state index in [1.54, 1.807) is 0 Å². The van der Waals surface area contributed by atoms with Gasteiger partial charge in [0.2, 0.25) is 0 Å². The van der Waals surface area contributed by atoms with E-state index in [0.717, 1.165) is 12.1 Å². The fourth-order valence-corrected chi connectivity index (χ4v) is 2.32. The quantitative estimate of drug-likeness (QED) is 0.522. The average molecular weight is 309 g/mol. The third kappa shape index (κ3) is 3.62. The Morgan fingerprint density at radius 2 is 1.90 bits per heavy atom. The summed E-state index contributed by atoms with van der Waals surface area (Å²) < 4.78 is 37.2. The molecule has 20 heavy (non-hydrogen) atoms. The van der Waals surface area contributed by atoms with Crippen LogP contribution in [0.3, 0.4) is 0 Å². The maximum absolute atomic E-state index is 12.9. The van der Waals surface area contributed by atoms with Gasteiger partial charge in [0.05, 0.1) is 10.5 Å². The molecule has 9 heteroatoms. The highest BCUT2D eigenvalue weighted by Gasteiger charge is 2.38. The second kappa shape index (κ2) is 5.31. The summed E-state index contributed by atoms with van der Waals surface area (Å²) in [5.41, 5.74) is -1.92. The molecule has 1 aromatic rings. The predicted molar refractivity (Wildman–Crippen MR) is 65.7 cm³/mol. The smallest absolute Gasteiger partial charge is 0.417 e. The summed E-state index contributed by atoms with van der Waals surface area (Å²) in [5, 5.41) is 19.5. The third-order valence-electron chi connectivity index (χ3n) is 2.36. The van der Waals surface area contributed by atoms with Gasteiger partial charge in [-0.15, -0.1) is 11.8 Å². The summed E-state index contributed by atoms with van der Waals surface area (Å²) >= 11 is 0.486. The highest BCUT2D eigenvalue weighted by Crippen LogP contribution is 2.42. The predicted octanol–water partition coefficient (Wildman–Crippen LogP) is 3.57. The number of benzene rings is 1. The molecule has 0 aromatic heterocycles. The first kappa shape index (κ1) is 16.3. The number of carboxylic acids is 1. The maximum Gasteiger partial charge on any atom is 0.417 e. The van der Waals surface area contributed by atoms with Crippen LogP contribution in [0, 0.1) is 10.1 Å². The van der Waals surface area contributed by atoms with Crippen LogP contribution in [0.25, 0.3) is 0 Å². The first-order valence-corrected chi connectivity index (χ1v) is 6.05. The normalized spacial score (nSPS) is 12.2. The Labute approximate surface area is 115 Å². The summed E-state index contributed by atoms with van der Waals surface area (Å²) in [6, 6.07) is 2.23. The molecular formula is C11H10F3NO4S. The summed E-state index contributed by atoms with van der Waals surface area (Å²) in [4.78, 5) is 20.2. The number of alkyl halides is 3. The number of non-ortho nitro benzene ring substituents is 1. The Balaban J connectivity index is 3.33. The lowest BCUT2D eigenvalue weighted by Gasteiger charge is -2.21. The van der Waals surface area contributed by atoms with Crippen LogP contribution in [-0.4, -0.2) is 20.7 Å². The molecule has 0 saturated heterocycles. The van der Waals surface area contributed by atoms with Gasteiger partial charge in [-0.3, -0.25) is 14.9 Å². The second-order valence-electron chi connectivity index (χ2n) is 4.35. The van der Waals surface area contributed by atoms with Gasteiger partial charge in [0.25, 0.3) is 5.69 Å². The lowest BCUT2D eigenvalue weighted by atomic mass is 10.2. The third-order valence-corrected chi connectivity index (χ3v) is 3.62. The second-order valence-corrected chi connectivity index (χ2v) is 6.02. The van der Waals surface area contributed by atoms with Crippen LogP contribution in [0.5, 0.6) is 0 Å². The zero-order valence-corrected chi connectivity index (χ0v) is 11.2. The van der Waals surface area contributed by atoms with Crippen molar-refractivity contribution in [3.8, 4) is 0 Å². The van der Waals surface area contributed by atoms with Gasteiger partial charge < -0.3 is 5.11 Å². The molecule has 0 saturated carbocycles. The molecule has 0 aliphatic rings. The summed E-state index contributed by atoms with van der Waals surface area (Å²) in [6.07, 6.45) is -4.80. The van der Waals surface area contributed by atoms with Gasteiger partial charge in [0.15, 0.2) is 0 Å². The van der Waals surface area contributed by atoms with Crippen LogP contribution in [0.15, 0.2) is 23.1 Å². The van der Waals surface area contributed by atoms with Gasteiger partial charge in [-0.25, -0.2) is 0 Å². The number of carbonyl (C=O) groups is 1. The largest absolute Gasteiger partial charge is 0.480 e. The summed E-state index contributed by atoms with van der Waals surface area (Å²) in [7, 11) is 0. The highest BCUT2D eigenvalue weighted by atomic mass is 32.2. The van der Waals surface area contributed by atoms with E-state index in [-0.39, 0.29) is 4.90 Å². The first-order valence-electron chi connectivity index (χ1n) is 5.23. The van der Waals surface area contributed by atoms with Crippen molar-refractivity contribution in [2.45, 2.75) is 29.7 Å². The number of carboxylic acid groups (broad SMARTS) is 1. The van der Waals surface area contributed by atoms with E-state index < -0.39 is 33.1 Å². The van der Waals surface area contributed by atoms with Crippen molar-refractivity contribution in [3.63, 3.8) is 0 Å². The topological polar surface area (TPSA) is 80.4 Å². The Bertz CT molecular complexity index is 557. The lowest BCUT2D eigenvalue weighted by molar-refractivity contribution is -0.385. The zero-order valence-electron chi connectivity index (χ0n) is 10.4. The van der Waals surface area contributed by atoms with Gasteiger partial charge in [-0.05, 0) is 19.9 Å². The molecule has 0 bridgehead atoms. The van der Waals surface area contributed by atoms with Crippen molar-refractivity contribution in [3.05, 3.63) is 33.9 Å². The van der Waals surface area contributed by atoms with Crippen LogP contribution in [0.1, 0.15) is 19.4 Å². The SMILES string of the molecule is CC(C)(Sc1ccc([N+](=O)[O-])cc1C(F)(F)F)C(=O)O. The number of rotatable bonds is 4. The molecule has 110 valence electrons. The van der Waals surface area contributed by atoms with E-state index in [9.17, 15) is 28.1 Å². The molecule has 1 aromatic carbocycles. The minimum atomic E-state index is -4.80. The number of thioether (sulfide) groups is 1. The van der Waals surface area contributed by atoms with Crippen LogP contribution in [0.4, 0.5) is 18.9 Å². The average Bonchev–Trinajstić information content (AvgIpc) is 2.26. The standard InChI is InChI=1S/C11H10F3NO4S/c1-10(2,9(16)17)20-8-4-3-6(15(18)19)5-7(8)11(12,13)14/h3-5H,1-2H3,(H,16,17).